The van der Waals surface area contributed by atoms with Crippen molar-refractivity contribution in [1.82, 2.24) is 4.90 Å². The lowest BCUT2D eigenvalue weighted by molar-refractivity contribution is 0.221. The third-order valence-electron chi connectivity index (χ3n) is 4.11. The van der Waals surface area contributed by atoms with Gasteiger partial charge in [0.05, 0.1) is 6.54 Å². The molecule has 0 unspecified atom stereocenters. The van der Waals surface area contributed by atoms with Crippen LogP contribution in [0.3, 0.4) is 0 Å². The normalized spacial score (nSPS) is 15.6. The summed E-state index contributed by atoms with van der Waals surface area (Å²) in [6.45, 7) is 21.8. The van der Waals surface area contributed by atoms with Crippen LogP contribution in [0.1, 0.15) is 81.1 Å². The minimum absolute atomic E-state index is 0.428. The molecule has 0 spiro atoms. The fraction of sp³-hybridized carbons (Fsp3) is 0.905. The minimum atomic E-state index is 0.428. The third kappa shape index (κ3) is 13.2. The van der Waals surface area contributed by atoms with Crippen LogP contribution in [0.5, 0.6) is 0 Å². The average Bonchev–Trinajstić information content (AvgIpc) is 2.28. The third-order valence-corrected chi connectivity index (χ3v) is 4.11. The quantitative estimate of drug-likeness (QED) is 0.483. The van der Waals surface area contributed by atoms with Gasteiger partial charge < -0.3 is 0 Å². The van der Waals surface area contributed by atoms with Crippen LogP contribution in [0.2, 0.25) is 0 Å². The smallest absolute Gasteiger partial charge is 0.0598 e. The SMILES string of the molecule is C#CCN(CC[C@@H](C)CC(C)(C)C)CC[C@H](C)CC(C)(C)C. The second-order valence-electron chi connectivity index (χ2n) is 9.80. The van der Waals surface area contributed by atoms with Crippen molar-refractivity contribution in [1.29, 1.82) is 0 Å². The van der Waals surface area contributed by atoms with Gasteiger partial charge in [-0.3, -0.25) is 4.90 Å². The molecule has 0 radical (unpaired) electrons. The highest BCUT2D eigenvalue weighted by Gasteiger charge is 2.18. The molecule has 0 saturated carbocycles. The summed E-state index contributed by atoms with van der Waals surface area (Å²) in [5.74, 6) is 4.38. The molecule has 2 atom stereocenters. The van der Waals surface area contributed by atoms with E-state index < -0.39 is 0 Å². The second kappa shape index (κ2) is 9.61. The fourth-order valence-corrected chi connectivity index (χ4v) is 3.50. The van der Waals surface area contributed by atoms with Crippen molar-refractivity contribution >= 4 is 0 Å². The van der Waals surface area contributed by atoms with E-state index in [1.165, 1.54) is 25.7 Å². The Balaban J connectivity index is 4.19. The predicted octanol–water partition coefficient (Wildman–Crippen LogP) is 5.85. The lowest BCUT2D eigenvalue weighted by Gasteiger charge is -2.28. The van der Waals surface area contributed by atoms with E-state index in [1.54, 1.807) is 0 Å². The molecule has 1 nitrogen and oxygen atoms in total. The van der Waals surface area contributed by atoms with Gasteiger partial charge in [-0.25, -0.2) is 0 Å². The van der Waals surface area contributed by atoms with E-state index >= 15 is 0 Å². The zero-order valence-electron chi connectivity index (χ0n) is 16.6. The van der Waals surface area contributed by atoms with Gasteiger partial charge in [0.1, 0.15) is 0 Å². The van der Waals surface area contributed by atoms with Crippen molar-refractivity contribution in [2.24, 2.45) is 22.7 Å². The van der Waals surface area contributed by atoms with Crippen LogP contribution >= 0.6 is 0 Å². The number of nitrogens with zero attached hydrogens (tertiary/aromatic N) is 1. The molecular formula is C21H41N. The van der Waals surface area contributed by atoms with Crippen LogP contribution in [0.25, 0.3) is 0 Å². The minimum Gasteiger partial charge on any atom is -0.292 e. The molecule has 0 rings (SSSR count). The summed E-state index contributed by atoms with van der Waals surface area (Å²) < 4.78 is 0. The molecule has 0 aromatic carbocycles. The van der Waals surface area contributed by atoms with Gasteiger partial charge in [0.25, 0.3) is 0 Å². The second-order valence-corrected chi connectivity index (χ2v) is 9.80. The first-order valence-corrected chi connectivity index (χ1v) is 9.09. The van der Waals surface area contributed by atoms with Crippen molar-refractivity contribution in [3.05, 3.63) is 0 Å². The maximum absolute atomic E-state index is 5.55. The van der Waals surface area contributed by atoms with Crippen molar-refractivity contribution in [2.45, 2.75) is 81.1 Å². The predicted molar refractivity (Wildman–Crippen MR) is 101 cm³/mol. The van der Waals surface area contributed by atoms with Crippen LogP contribution in [-0.4, -0.2) is 24.5 Å². The lowest BCUT2D eigenvalue weighted by Crippen LogP contribution is -2.29. The van der Waals surface area contributed by atoms with Gasteiger partial charge >= 0.3 is 0 Å². The number of hydrogen-bond donors (Lipinski definition) is 0. The molecule has 0 bridgehead atoms. The van der Waals surface area contributed by atoms with E-state index in [0.717, 1.165) is 31.5 Å². The molecule has 0 saturated heterocycles. The number of hydrogen-bond acceptors (Lipinski definition) is 1. The van der Waals surface area contributed by atoms with Gasteiger partial charge in [0, 0.05) is 0 Å². The summed E-state index contributed by atoms with van der Waals surface area (Å²) >= 11 is 0. The fourth-order valence-electron chi connectivity index (χ4n) is 3.50. The van der Waals surface area contributed by atoms with Crippen molar-refractivity contribution in [2.75, 3.05) is 19.6 Å². The maximum Gasteiger partial charge on any atom is 0.0598 e. The first kappa shape index (κ1) is 21.5. The molecule has 0 aliphatic rings. The average molecular weight is 308 g/mol. The standard InChI is InChI=1S/C21H41N/c1-10-13-22(14-11-18(2)16-20(4,5)6)15-12-19(3)17-21(7,8)9/h1,18-19H,11-17H2,2-9H3/t18-,19+. The van der Waals surface area contributed by atoms with Crippen LogP contribution in [0.15, 0.2) is 0 Å². The zero-order chi connectivity index (χ0) is 17.4. The first-order valence-electron chi connectivity index (χ1n) is 9.09. The molecule has 0 N–H and O–H groups in total. The Morgan fingerprint density at radius 2 is 1.18 bits per heavy atom. The Kier molecular flexibility index (Phi) is 9.40. The van der Waals surface area contributed by atoms with Crippen molar-refractivity contribution < 1.29 is 0 Å². The molecule has 22 heavy (non-hydrogen) atoms. The highest BCUT2D eigenvalue weighted by molar-refractivity contribution is 4.88. The van der Waals surface area contributed by atoms with Crippen molar-refractivity contribution in [3.8, 4) is 12.3 Å². The van der Waals surface area contributed by atoms with E-state index in [-0.39, 0.29) is 0 Å². The molecule has 0 aromatic heterocycles. The van der Waals surface area contributed by atoms with Gasteiger partial charge in [-0.1, -0.05) is 61.3 Å². The first-order chi connectivity index (χ1) is 9.93. The summed E-state index contributed by atoms with van der Waals surface area (Å²) in [4.78, 5) is 2.47. The Morgan fingerprint density at radius 1 is 0.818 bits per heavy atom. The van der Waals surface area contributed by atoms with Gasteiger partial charge in [-0.15, -0.1) is 6.42 Å². The highest BCUT2D eigenvalue weighted by atomic mass is 15.1. The molecule has 0 heterocycles. The Bertz CT molecular complexity index is 297. The summed E-state index contributed by atoms with van der Waals surface area (Å²) in [5, 5.41) is 0. The summed E-state index contributed by atoms with van der Waals surface area (Å²) in [6, 6.07) is 0. The van der Waals surface area contributed by atoms with E-state index in [9.17, 15) is 0 Å². The zero-order valence-corrected chi connectivity index (χ0v) is 16.6. The Morgan fingerprint density at radius 3 is 1.45 bits per heavy atom. The summed E-state index contributed by atoms with van der Waals surface area (Å²) in [6.07, 6.45) is 10.6. The van der Waals surface area contributed by atoms with Crippen LogP contribution in [0.4, 0.5) is 0 Å². The van der Waals surface area contributed by atoms with E-state index in [0.29, 0.717) is 10.8 Å². The van der Waals surface area contributed by atoms with E-state index in [2.05, 4.69) is 66.2 Å². The molecule has 0 aliphatic carbocycles. The van der Waals surface area contributed by atoms with E-state index in [4.69, 9.17) is 6.42 Å². The lowest BCUT2D eigenvalue weighted by atomic mass is 9.84. The summed E-state index contributed by atoms with van der Waals surface area (Å²) in [7, 11) is 0. The van der Waals surface area contributed by atoms with Crippen LogP contribution in [-0.2, 0) is 0 Å². The van der Waals surface area contributed by atoms with Crippen molar-refractivity contribution in [3.63, 3.8) is 0 Å². The Hall–Kier alpha value is -0.480. The topological polar surface area (TPSA) is 3.24 Å². The monoisotopic (exact) mass is 307 g/mol. The maximum atomic E-state index is 5.55. The number of rotatable bonds is 9. The van der Waals surface area contributed by atoms with Gasteiger partial charge in [-0.2, -0.15) is 0 Å². The molecule has 1 heteroatoms. The van der Waals surface area contributed by atoms with Gasteiger partial charge in [-0.05, 0) is 61.4 Å². The molecule has 0 fully saturated rings. The van der Waals surface area contributed by atoms with Gasteiger partial charge in [0.2, 0.25) is 0 Å². The highest BCUT2D eigenvalue weighted by Crippen LogP contribution is 2.27. The Labute approximate surface area is 141 Å². The number of terminal acetylenes is 1. The largest absolute Gasteiger partial charge is 0.292 e. The van der Waals surface area contributed by atoms with E-state index in [1.807, 2.05) is 0 Å². The molecule has 0 amide bonds. The molecule has 0 aliphatic heterocycles. The van der Waals surface area contributed by atoms with Gasteiger partial charge in [0.15, 0.2) is 0 Å². The van der Waals surface area contributed by atoms with Crippen LogP contribution in [0, 0.1) is 35.0 Å². The molecular weight excluding hydrogens is 266 g/mol. The molecule has 0 aromatic rings. The molecule has 130 valence electrons. The summed E-state index contributed by atoms with van der Waals surface area (Å²) in [5.41, 5.74) is 0.856. The van der Waals surface area contributed by atoms with Crippen LogP contribution < -0.4 is 0 Å².